The summed E-state index contributed by atoms with van der Waals surface area (Å²) in [7, 11) is 0. The summed E-state index contributed by atoms with van der Waals surface area (Å²) in [5.41, 5.74) is 7.58. The van der Waals surface area contributed by atoms with Crippen molar-refractivity contribution in [2.75, 3.05) is 25.4 Å². The second-order valence-electron chi connectivity index (χ2n) is 8.02. The predicted molar refractivity (Wildman–Crippen MR) is 130 cm³/mol. The van der Waals surface area contributed by atoms with Crippen LogP contribution in [-0.4, -0.2) is 61.7 Å². The number of carbonyl (C=O) groups excluding carboxylic acids is 2. The van der Waals surface area contributed by atoms with Crippen LogP contribution in [0.3, 0.4) is 0 Å². The van der Waals surface area contributed by atoms with Gasteiger partial charge in [0.15, 0.2) is 4.39 Å². The number of thioether (sulfide) groups is 1. The van der Waals surface area contributed by atoms with Gasteiger partial charge in [-0.25, -0.2) is 9.97 Å². The SMILES string of the molecule is CCC[C@H]1C(=O)N(Cc2ccc3c(N)ncnc3c2)CCN1C(=O)COC1(Cl)CC=C(Cl)S1. The maximum atomic E-state index is 13.3. The van der Waals surface area contributed by atoms with Gasteiger partial charge in [0.2, 0.25) is 11.8 Å². The molecule has 2 atom stereocenters. The lowest BCUT2D eigenvalue weighted by atomic mass is 10.0. The molecule has 2 amide bonds. The Morgan fingerprint density at radius 1 is 1.36 bits per heavy atom. The first-order valence-corrected chi connectivity index (χ1v) is 12.3. The van der Waals surface area contributed by atoms with E-state index in [1.165, 1.54) is 18.1 Å². The van der Waals surface area contributed by atoms with Crippen LogP contribution in [0.4, 0.5) is 5.82 Å². The van der Waals surface area contributed by atoms with E-state index in [0.717, 1.165) is 22.9 Å². The monoisotopic (exact) mass is 509 g/mol. The van der Waals surface area contributed by atoms with E-state index in [1.807, 2.05) is 25.1 Å². The second kappa shape index (κ2) is 10.0. The van der Waals surface area contributed by atoms with Gasteiger partial charge in [-0.2, -0.15) is 0 Å². The maximum absolute atomic E-state index is 13.3. The number of alkyl halides is 1. The van der Waals surface area contributed by atoms with Gasteiger partial charge in [-0.3, -0.25) is 9.59 Å². The molecule has 0 saturated carbocycles. The summed E-state index contributed by atoms with van der Waals surface area (Å²) in [6.45, 7) is 3.10. The number of amides is 2. The molecule has 0 spiro atoms. The number of anilines is 1. The summed E-state index contributed by atoms with van der Waals surface area (Å²) in [5.74, 6) is 0.107. The lowest BCUT2D eigenvalue weighted by Crippen LogP contribution is -2.59. The Bertz CT molecular complexity index is 1100. The predicted octanol–water partition coefficient (Wildman–Crippen LogP) is 3.68. The Morgan fingerprint density at radius 3 is 2.91 bits per heavy atom. The van der Waals surface area contributed by atoms with Crippen molar-refractivity contribution in [1.29, 1.82) is 0 Å². The fourth-order valence-corrected chi connectivity index (χ4v) is 5.75. The number of halogens is 2. The van der Waals surface area contributed by atoms with Gasteiger partial charge in [0.1, 0.15) is 24.8 Å². The summed E-state index contributed by atoms with van der Waals surface area (Å²) in [4.78, 5) is 37.9. The summed E-state index contributed by atoms with van der Waals surface area (Å²) >= 11 is 13.5. The second-order valence-corrected chi connectivity index (χ2v) is 10.8. The molecule has 0 aliphatic carbocycles. The fourth-order valence-electron chi connectivity index (χ4n) is 4.06. The number of fused-ring (bicyclic) bond motifs is 1. The third kappa shape index (κ3) is 5.37. The zero-order valence-corrected chi connectivity index (χ0v) is 20.5. The summed E-state index contributed by atoms with van der Waals surface area (Å²) in [6.07, 6.45) is 4.96. The van der Waals surface area contributed by atoms with Gasteiger partial charge < -0.3 is 20.3 Å². The van der Waals surface area contributed by atoms with Crippen LogP contribution in [0.15, 0.2) is 35.0 Å². The zero-order valence-electron chi connectivity index (χ0n) is 18.2. The number of nitrogens with zero attached hydrogens (tertiary/aromatic N) is 4. The fraction of sp³-hybridized carbons (Fsp3) is 0.455. The number of nitrogen functional groups attached to an aromatic ring is 1. The van der Waals surface area contributed by atoms with Gasteiger partial charge in [0, 0.05) is 31.4 Å². The summed E-state index contributed by atoms with van der Waals surface area (Å²) in [5, 5.41) is 0.779. The minimum absolute atomic E-state index is 0.0701. The molecule has 1 fully saturated rings. The molecule has 3 heterocycles. The van der Waals surface area contributed by atoms with Gasteiger partial charge in [-0.1, -0.05) is 60.5 Å². The minimum Gasteiger partial charge on any atom is -0.383 e. The molecule has 33 heavy (non-hydrogen) atoms. The van der Waals surface area contributed by atoms with Crippen LogP contribution in [0.5, 0.6) is 0 Å². The molecule has 1 saturated heterocycles. The molecule has 1 unspecified atom stereocenters. The minimum atomic E-state index is -1.07. The molecule has 2 aliphatic rings. The molecule has 1 aromatic heterocycles. The van der Waals surface area contributed by atoms with Gasteiger partial charge >= 0.3 is 0 Å². The Morgan fingerprint density at radius 2 is 2.18 bits per heavy atom. The molecular formula is C22H25Cl2N5O3S. The number of carbonyl (C=O) groups is 2. The van der Waals surface area contributed by atoms with E-state index in [-0.39, 0.29) is 18.4 Å². The van der Waals surface area contributed by atoms with Crippen molar-refractivity contribution in [1.82, 2.24) is 19.8 Å². The van der Waals surface area contributed by atoms with Crippen LogP contribution in [0.25, 0.3) is 10.9 Å². The standard InChI is InChI=1S/C22H25Cl2N5O3S/c1-2-3-17-21(31)28(11-14-4-5-15-16(10-14)26-13-27-20(15)25)8-9-29(17)19(30)12-32-22(24)7-6-18(23)33-22/h4-6,10,13,17H,2-3,7-9,11-12H2,1H3,(H2,25,26,27)/t17-,22?/m0/s1. The van der Waals surface area contributed by atoms with E-state index >= 15 is 0 Å². The molecule has 2 aromatic rings. The third-order valence-corrected chi connectivity index (χ3v) is 7.57. The highest BCUT2D eigenvalue weighted by molar-refractivity contribution is 8.07. The Hall–Kier alpha value is -2.07. The van der Waals surface area contributed by atoms with Gasteiger partial charge in [0.25, 0.3) is 0 Å². The highest BCUT2D eigenvalue weighted by Gasteiger charge is 2.39. The maximum Gasteiger partial charge on any atom is 0.249 e. The average molecular weight is 510 g/mol. The molecule has 0 bridgehead atoms. The summed E-state index contributed by atoms with van der Waals surface area (Å²) < 4.78 is 5.15. The number of rotatable bonds is 7. The lowest BCUT2D eigenvalue weighted by Gasteiger charge is -2.41. The van der Waals surface area contributed by atoms with Crippen LogP contribution in [0.1, 0.15) is 31.7 Å². The number of aromatic nitrogens is 2. The van der Waals surface area contributed by atoms with E-state index in [0.29, 0.717) is 42.7 Å². The first-order chi connectivity index (χ1) is 15.8. The number of nitrogens with two attached hydrogens (primary N) is 1. The summed E-state index contributed by atoms with van der Waals surface area (Å²) in [6, 6.07) is 5.19. The van der Waals surface area contributed by atoms with Crippen molar-refractivity contribution >= 4 is 63.5 Å². The van der Waals surface area contributed by atoms with Crippen LogP contribution >= 0.6 is 35.0 Å². The van der Waals surface area contributed by atoms with Gasteiger partial charge in [0.05, 0.1) is 9.88 Å². The number of piperazine rings is 1. The van der Waals surface area contributed by atoms with Crippen LogP contribution in [0.2, 0.25) is 0 Å². The normalized spacial score (nSPS) is 23.3. The Balaban J connectivity index is 1.42. The van der Waals surface area contributed by atoms with Crippen molar-refractivity contribution < 1.29 is 14.3 Å². The van der Waals surface area contributed by atoms with Crippen molar-refractivity contribution in [2.45, 2.75) is 43.2 Å². The van der Waals surface area contributed by atoms with Gasteiger partial charge in [-0.05, 0) is 24.1 Å². The molecule has 176 valence electrons. The molecule has 1 aromatic carbocycles. The van der Waals surface area contributed by atoms with E-state index in [1.54, 1.807) is 15.9 Å². The molecular weight excluding hydrogens is 485 g/mol. The molecule has 11 heteroatoms. The number of benzene rings is 1. The van der Waals surface area contributed by atoms with Crippen LogP contribution < -0.4 is 5.73 Å². The molecule has 2 aliphatic heterocycles. The topological polar surface area (TPSA) is 102 Å². The Kier molecular flexibility index (Phi) is 7.33. The molecule has 4 rings (SSSR count). The molecule has 0 radical (unpaired) electrons. The van der Waals surface area contributed by atoms with Gasteiger partial charge in [-0.15, -0.1) is 0 Å². The van der Waals surface area contributed by atoms with E-state index in [9.17, 15) is 9.59 Å². The Labute approximate surface area is 206 Å². The number of hydrogen-bond acceptors (Lipinski definition) is 7. The van der Waals surface area contributed by atoms with E-state index in [4.69, 9.17) is 33.7 Å². The first kappa shape index (κ1) is 24.1. The van der Waals surface area contributed by atoms with E-state index in [2.05, 4.69) is 9.97 Å². The largest absolute Gasteiger partial charge is 0.383 e. The molecule has 2 N–H and O–H groups in total. The van der Waals surface area contributed by atoms with Crippen molar-refractivity contribution in [3.63, 3.8) is 0 Å². The smallest absolute Gasteiger partial charge is 0.249 e. The zero-order chi connectivity index (χ0) is 23.6. The molecule has 8 nitrogen and oxygen atoms in total. The lowest BCUT2D eigenvalue weighted by molar-refractivity contribution is -0.155. The quantitative estimate of drug-likeness (QED) is 0.567. The van der Waals surface area contributed by atoms with Crippen molar-refractivity contribution in [3.05, 3.63) is 40.5 Å². The first-order valence-electron chi connectivity index (χ1n) is 10.7. The third-order valence-electron chi connectivity index (χ3n) is 5.74. The van der Waals surface area contributed by atoms with Crippen LogP contribution in [0, 0.1) is 0 Å². The van der Waals surface area contributed by atoms with Crippen molar-refractivity contribution in [3.8, 4) is 0 Å². The average Bonchev–Trinajstić information content (AvgIpc) is 3.14. The number of ether oxygens (including phenoxy) is 1. The van der Waals surface area contributed by atoms with Crippen molar-refractivity contribution in [2.24, 2.45) is 0 Å². The highest BCUT2D eigenvalue weighted by Crippen LogP contribution is 2.47. The number of hydrogen-bond donors (Lipinski definition) is 1. The van der Waals surface area contributed by atoms with E-state index < -0.39 is 10.4 Å². The highest BCUT2D eigenvalue weighted by atomic mass is 35.5. The van der Waals surface area contributed by atoms with Crippen LogP contribution in [-0.2, 0) is 20.9 Å².